The highest BCUT2D eigenvalue weighted by molar-refractivity contribution is 14.0. The summed E-state index contributed by atoms with van der Waals surface area (Å²) in [7, 11) is 3.75. The van der Waals surface area contributed by atoms with Gasteiger partial charge in [-0.3, -0.25) is 4.99 Å². The van der Waals surface area contributed by atoms with Gasteiger partial charge in [0, 0.05) is 20.6 Å². The summed E-state index contributed by atoms with van der Waals surface area (Å²) in [6.45, 7) is 8.04. The number of aromatic nitrogens is 3. The number of aliphatic imine (C=N–C) groups is 1. The quantitative estimate of drug-likeness (QED) is 0.314. The average molecular weight is 408 g/mol. The molecule has 1 aromatic rings. The second-order valence-corrected chi connectivity index (χ2v) is 5.46. The number of hydrogen-bond donors (Lipinski definition) is 2. The van der Waals surface area contributed by atoms with Crippen LogP contribution >= 0.6 is 24.0 Å². The number of halogens is 1. The first-order chi connectivity index (χ1) is 9.54. The Hall–Kier alpha value is -0.860. The van der Waals surface area contributed by atoms with Gasteiger partial charge in [-0.2, -0.15) is 0 Å². The first kappa shape index (κ1) is 20.1. The van der Waals surface area contributed by atoms with Crippen molar-refractivity contribution in [2.24, 2.45) is 18.0 Å². The predicted molar refractivity (Wildman–Crippen MR) is 98.0 cm³/mol. The Labute approximate surface area is 145 Å². The van der Waals surface area contributed by atoms with Crippen molar-refractivity contribution >= 4 is 29.9 Å². The molecule has 6 nitrogen and oxygen atoms in total. The van der Waals surface area contributed by atoms with E-state index in [-0.39, 0.29) is 24.0 Å². The first-order valence-electron chi connectivity index (χ1n) is 7.34. The Balaban J connectivity index is 0.00000400. The molecule has 0 radical (unpaired) electrons. The van der Waals surface area contributed by atoms with Crippen LogP contribution in [-0.2, 0) is 13.6 Å². The zero-order chi connectivity index (χ0) is 15.0. The zero-order valence-electron chi connectivity index (χ0n) is 13.8. The Morgan fingerprint density at radius 3 is 2.48 bits per heavy atom. The van der Waals surface area contributed by atoms with E-state index in [0.717, 1.165) is 30.1 Å². The van der Waals surface area contributed by atoms with Crippen molar-refractivity contribution in [1.29, 1.82) is 0 Å². The molecule has 0 unspecified atom stereocenters. The predicted octanol–water partition coefficient (Wildman–Crippen LogP) is 2.23. The van der Waals surface area contributed by atoms with E-state index in [1.807, 2.05) is 18.5 Å². The molecule has 1 aromatic heterocycles. The van der Waals surface area contributed by atoms with E-state index >= 15 is 0 Å². The third-order valence-corrected chi connectivity index (χ3v) is 3.32. The lowest BCUT2D eigenvalue weighted by molar-refractivity contribution is 0.534. The van der Waals surface area contributed by atoms with E-state index in [1.54, 1.807) is 7.05 Å². The Morgan fingerprint density at radius 1 is 1.24 bits per heavy atom. The van der Waals surface area contributed by atoms with E-state index in [1.165, 1.54) is 19.3 Å². The molecule has 0 saturated carbocycles. The number of unbranched alkanes of at least 4 members (excludes halogenated alkanes) is 1. The number of nitrogens with one attached hydrogen (secondary N) is 2. The van der Waals surface area contributed by atoms with Gasteiger partial charge in [0.1, 0.15) is 5.82 Å². The van der Waals surface area contributed by atoms with Gasteiger partial charge in [-0.1, -0.05) is 26.7 Å². The molecule has 122 valence electrons. The molecular formula is C14H29IN6. The maximum atomic E-state index is 4.21. The monoisotopic (exact) mass is 408 g/mol. The molecule has 0 aliphatic heterocycles. The van der Waals surface area contributed by atoms with E-state index in [4.69, 9.17) is 0 Å². The molecule has 0 saturated heterocycles. The fraction of sp³-hybridized carbons (Fsp3) is 0.786. The highest BCUT2D eigenvalue weighted by atomic mass is 127. The van der Waals surface area contributed by atoms with Crippen LogP contribution in [0, 0.1) is 12.8 Å². The fourth-order valence-electron chi connectivity index (χ4n) is 1.87. The van der Waals surface area contributed by atoms with Crippen LogP contribution in [0.5, 0.6) is 0 Å². The van der Waals surface area contributed by atoms with Crippen molar-refractivity contribution in [2.45, 2.75) is 46.6 Å². The van der Waals surface area contributed by atoms with Gasteiger partial charge in [0.25, 0.3) is 0 Å². The summed E-state index contributed by atoms with van der Waals surface area (Å²) in [5.74, 6) is 3.42. The van der Waals surface area contributed by atoms with Gasteiger partial charge < -0.3 is 15.2 Å². The lowest BCUT2D eigenvalue weighted by Crippen LogP contribution is -2.37. The molecule has 0 aliphatic carbocycles. The topological polar surface area (TPSA) is 67.1 Å². The van der Waals surface area contributed by atoms with Gasteiger partial charge in [0.15, 0.2) is 11.8 Å². The summed E-state index contributed by atoms with van der Waals surface area (Å²) in [4.78, 5) is 4.21. The zero-order valence-corrected chi connectivity index (χ0v) is 16.1. The largest absolute Gasteiger partial charge is 0.356 e. The maximum absolute atomic E-state index is 4.21. The molecule has 0 aliphatic rings. The number of rotatable bonds is 7. The van der Waals surface area contributed by atoms with Crippen LogP contribution in [0.1, 0.15) is 44.8 Å². The summed E-state index contributed by atoms with van der Waals surface area (Å²) < 4.78 is 1.98. The van der Waals surface area contributed by atoms with Crippen LogP contribution in [0.2, 0.25) is 0 Å². The van der Waals surface area contributed by atoms with E-state index < -0.39 is 0 Å². The van der Waals surface area contributed by atoms with Crippen molar-refractivity contribution in [1.82, 2.24) is 25.4 Å². The van der Waals surface area contributed by atoms with Crippen molar-refractivity contribution in [2.75, 3.05) is 13.6 Å². The molecule has 0 aromatic carbocycles. The highest BCUT2D eigenvalue weighted by Gasteiger charge is 2.05. The van der Waals surface area contributed by atoms with Crippen LogP contribution in [0.4, 0.5) is 0 Å². The van der Waals surface area contributed by atoms with Crippen LogP contribution in [0.3, 0.4) is 0 Å². The van der Waals surface area contributed by atoms with Gasteiger partial charge >= 0.3 is 0 Å². The molecule has 0 atom stereocenters. The summed E-state index contributed by atoms with van der Waals surface area (Å²) in [6, 6.07) is 0. The van der Waals surface area contributed by atoms with E-state index in [9.17, 15) is 0 Å². The molecule has 7 heteroatoms. The fourth-order valence-corrected chi connectivity index (χ4v) is 1.87. The molecule has 2 N–H and O–H groups in total. The van der Waals surface area contributed by atoms with Crippen LogP contribution < -0.4 is 10.6 Å². The molecular weight excluding hydrogens is 379 g/mol. The van der Waals surface area contributed by atoms with E-state index in [2.05, 4.69) is 39.7 Å². The van der Waals surface area contributed by atoms with Gasteiger partial charge in [0.2, 0.25) is 0 Å². The number of hydrogen-bond acceptors (Lipinski definition) is 3. The van der Waals surface area contributed by atoms with Crippen LogP contribution in [-0.4, -0.2) is 34.3 Å². The van der Waals surface area contributed by atoms with Crippen molar-refractivity contribution in [3.05, 3.63) is 11.6 Å². The summed E-state index contributed by atoms with van der Waals surface area (Å²) in [5, 5.41) is 14.7. The van der Waals surface area contributed by atoms with Crippen LogP contribution in [0.25, 0.3) is 0 Å². The van der Waals surface area contributed by atoms with Gasteiger partial charge in [-0.25, -0.2) is 0 Å². The molecule has 1 rings (SSSR count). The smallest absolute Gasteiger partial charge is 0.191 e. The minimum absolute atomic E-state index is 0. The van der Waals surface area contributed by atoms with E-state index in [0.29, 0.717) is 6.54 Å². The van der Waals surface area contributed by atoms with Crippen LogP contribution in [0.15, 0.2) is 4.99 Å². The molecule has 0 spiro atoms. The first-order valence-corrected chi connectivity index (χ1v) is 7.34. The standard InChI is InChI=1S/C14H28N6.HI/c1-11(2)8-6-7-9-16-14(15-4)17-10-13-19-18-12(3)20(13)5;/h11H,6-10H2,1-5H3,(H2,15,16,17);1H. The third-order valence-electron chi connectivity index (χ3n) is 3.32. The van der Waals surface area contributed by atoms with Crippen molar-refractivity contribution < 1.29 is 0 Å². The molecule has 0 bridgehead atoms. The van der Waals surface area contributed by atoms with Gasteiger partial charge in [-0.05, 0) is 19.3 Å². The highest BCUT2D eigenvalue weighted by Crippen LogP contribution is 2.05. The molecule has 1 heterocycles. The van der Waals surface area contributed by atoms with Gasteiger partial charge in [-0.15, -0.1) is 34.2 Å². The average Bonchev–Trinajstić information content (AvgIpc) is 2.73. The number of aryl methyl sites for hydroxylation is 1. The number of guanidine groups is 1. The lowest BCUT2D eigenvalue weighted by Gasteiger charge is -2.12. The van der Waals surface area contributed by atoms with Crippen molar-refractivity contribution in [3.63, 3.8) is 0 Å². The molecule has 21 heavy (non-hydrogen) atoms. The summed E-state index contributed by atoms with van der Waals surface area (Å²) in [6.07, 6.45) is 3.71. The molecule has 0 fully saturated rings. The normalized spacial score (nSPS) is 11.4. The minimum atomic E-state index is 0. The Morgan fingerprint density at radius 2 is 1.95 bits per heavy atom. The summed E-state index contributed by atoms with van der Waals surface area (Å²) >= 11 is 0. The second kappa shape index (κ2) is 10.8. The SMILES string of the molecule is CN=C(NCCCCC(C)C)NCc1nnc(C)n1C.I. The van der Waals surface area contributed by atoms with Crippen molar-refractivity contribution in [3.8, 4) is 0 Å². The lowest BCUT2D eigenvalue weighted by atomic mass is 10.1. The minimum Gasteiger partial charge on any atom is -0.356 e. The molecule has 0 amide bonds. The maximum Gasteiger partial charge on any atom is 0.191 e. The Kier molecular flexibility index (Phi) is 10.4. The number of nitrogens with zero attached hydrogens (tertiary/aromatic N) is 4. The Bertz CT molecular complexity index is 427. The summed E-state index contributed by atoms with van der Waals surface area (Å²) in [5.41, 5.74) is 0. The van der Waals surface area contributed by atoms with Gasteiger partial charge in [0.05, 0.1) is 6.54 Å². The second-order valence-electron chi connectivity index (χ2n) is 5.46. The third kappa shape index (κ3) is 7.63.